The molecule has 5 heterocycles. The minimum absolute atomic E-state index is 0.0874. The summed E-state index contributed by atoms with van der Waals surface area (Å²) in [4.78, 5) is 56.8. The molecule has 2 unspecified atom stereocenters. The number of carbonyl (C=O) groups is 3. The number of methoxy groups -OCH3 is 2. The van der Waals surface area contributed by atoms with Crippen LogP contribution in [0.15, 0.2) is 85.3 Å². The Morgan fingerprint density at radius 3 is 1.68 bits per heavy atom. The van der Waals surface area contributed by atoms with E-state index >= 15 is 0 Å². The zero-order valence-electron chi connectivity index (χ0n) is 48.0. The van der Waals surface area contributed by atoms with E-state index in [1.54, 1.807) is 7.11 Å². The number of fused-ring (bicyclic) bond motifs is 6. The molecule has 1 aromatic heterocycles. The Kier molecular flexibility index (Phi) is 19.0. The van der Waals surface area contributed by atoms with Gasteiger partial charge in [0.1, 0.15) is 28.0 Å². The van der Waals surface area contributed by atoms with E-state index in [1.165, 1.54) is 7.11 Å². The van der Waals surface area contributed by atoms with Crippen molar-refractivity contribution in [1.82, 2.24) is 10.3 Å². The fraction of sp³-hybridized carbons (Fsp3) is 0.492. The summed E-state index contributed by atoms with van der Waals surface area (Å²) in [6.07, 6.45) is 18.0. The molecule has 4 aliphatic rings. The van der Waals surface area contributed by atoms with E-state index in [1.807, 2.05) is 37.3 Å². The molecule has 0 saturated carbocycles. The third kappa shape index (κ3) is 10.8. The normalized spacial score (nSPS) is 21.0. The monoisotopic (exact) mass is 1050 g/mol. The Hall–Kier alpha value is -6.69. The highest BCUT2D eigenvalue weighted by atomic mass is 16.5. The van der Waals surface area contributed by atoms with Gasteiger partial charge >= 0.3 is 17.9 Å². The van der Waals surface area contributed by atoms with E-state index in [4.69, 9.17) is 19.5 Å². The molecule has 8 bridgehead atoms. The number of aromatic amines is 1. The third-order valence-corrected chi connectivity index (χ3v) is 16.7. The topological polar surface area (TPSA) is 183 Å². The molecule has 0 fully saturated rings. The van der Waals surface area contributed by atoms with E-state index < -0.39 is 29.4 Å². The molecule has 7 rings (SSSR count). The molecule has 12 heteroatoms. The molecule has 0 radical (unpaired) electrons. The molecule has 2 aromatic carbocycles. The van der Waals surface area contributed by atoms with Crippen LogP contribution in [-0.2, 0) is 24.1 Å². The van der Waals surface area contributed by atoms with Crippen LogP contribution in [0.1, 0.15) is 213 Å². The Morgan fingerprint density at radius 2 is 1.16 bits per heavy atom. The molecule has 2 atom stereocenters. The molecule has 4 aliphatic heterocycles. The van der Waals surface area contributed by atoms with Gasteiger partial charge in [-0.05, 0) is 161 Å². The number of ether oxygens (including phenoxy) is 2. The molecule has 0 aliphatic carbocycles. The van der Waals surface area contributed by atoms with Gasteiger partial charge in [-0.25, -0.2) is 19.6 Å². The number of hydrogen-bond acceptors (Lipinski definition) is 8. The average Bonchev–Trinajstić information content (AvgIpc) is 4.27. The Labute approximate surface area is 456 Å². The smallest absolute Gasteiger partial charge is 0.339 e. The third-order valence-electron chi connectivity index (χ3n) is 16.7. The number of nitrogens with zero attached hydrogens (tertiary/aromatic N) is 2. The Morgan fingerprint density at radius 1 is 0.636 bits per heavy atom. The number of H-pyrrole nitrogens is 1. The van der Waals surface area contributed by atoms with Crippen LogP contribution in [0.25, 0.3) is 17.2 Å². The number of aromatic nitrogens is 1. The van der Waals surface area contributed by atoms with Gasteiger partial charge in [0.15, 0.2) is 0 Å². The van der Waals surface area contributed by atoms with E-state index in [0.717, 1.165) is 127 Å². The van der Waals surface area contributed by atoms with Crippen molar-refractivity contribution in [3.63, 3.8) is 0 Å². The summed E-state index contributed by atoms with van der Waals surface area (Å²) in [6.45, 7) is 21.0. The molecule has 0 amide bonds. The lowest BCUT2D eigenvalue weighted by molar-refractivity contribution is -0.147. The van der Waals surface area contributed by atoms with Crippen molar-refractivity contribution in [2.45, 2.75) is 191 Å². The van der Waals surface area contributed by atoms with Crippen LogP contribution in [0.4, 0.5) is 0 Å². The molecule has 12 nitrogen and oxygen atoms in total. The van der Waals surface area contributed by atoms with Crippen LogP contribution in [0.5, 0.6) is 11.5 Å². The van der Waals surface area contributed by atoms with E-state index in [-0.39, 0.29) is 22.6 Å². The van der Waals surface area contributed by atoms with Gasteiger partial charge in [0, 0.05) is 33.3 Å². The van der Waals surface area contributed by atoms with Crippen molar-refractivity contribution in [2.75, 3.05) is 14.2 Å². The number of aromatic carboxylic acids is 2. The second kappa shape index (κ2) is 25.2. The molecule has 77 heavy (non-hydrogen) atoms. The standard InChI is InChI=1S/C65H84N4O8/c1-13-19-25-41-30-32-46(60(76-11)52(41)62(70)71)54-56-37(7)43(27-21-15-3)48(66-56)35-49-44(28-22-16-4)38(8)58(67-49)55(47-33-31-42(26-20-14-2)53(63(72)73)61(47)77-12)59-40(10)65(64(74)75,34-24-18-6)51(69-59)36-50-45(29-23-17-5)39(9)57(54)68-50/h30-33,35-36,51,66,69H,13-29,34H2,1-12H3,(H,70,71)(H,72,73)(H,74,75)/b48-35-,50-36-,56-54-,58-55-. The number of allylic oxidation sites excluding steroid dienone is 5. The summed E-state index contributed by atoms with van der Waals surface area (Å²) >= 11 is 0. The zero-order valence-corrected chi connectivity index (χ0v) is 48.0. The lowest BCUT2D eigenvalue weighted by Crippen LogP contribution is -2.44. The SMILES string of the molecule is CCCCC1=C(C)/C2=C(\c3ccc(CCCC)c(C(=O)O)c3OC)C3=C(C)C(CCCC)(C(=O)O)C(/C=C4N=C(C(C)=C\4CCCC)/C(c4ccc(CCCC)c(C(=O)O)c4OC)=c4\[nH]/c(c(CCCC)c4C)=C\C1=N2)N3. The predicted octanol–water partition coefficient (Wildman–Crippen LogP) is 13.5. The molecule has 5 N–H and O–H groups in total. The molecule has 0 saturated heterocycles. The largest absolute Gasteiger partial charge is 0.495 e. The zero-order chi connectivity index (χ0) is 55.9. The Balaban J connectivity index is 1.77. The van der Waals surface area contributed by atoms with Crippen LogP contribution < -0.4 is 25.5 Å². The highest BCUT2D eigenvalue weighted by molar-refractivity contribution is 6.34. The molecule has 412 valence electrons. The summed E-state index contributed by atoms with van der Waals surface area (Å²) in [7, 11) is 3.05. The molecular formula is C65H84N4O8. The fourth-order valence-electron chi connectivity index (χ4n) is 12.2. The van der Waals surface area contributed by atoms with E-state index in [0.29, 0.717) is 100 Å². The van der Waals surface area contributed by atoms with Crippen molar-refractivity contribution in [3.05, 3.63) is 131 Å². The van der Waals surface area contributed by atoms with Gasteiger partial charge in [0.2, 0.25) is 0 Å². The van der Waals surface area contributed by atoms with Gasteiger partial charge in [-0.15, -0.1) is 0 Å². The molecule has 3 aromatic rings. The number of rotatable bonds is 25. The van der Waals surface area contributed by atoms with Gasteiger partial charge in [0.05, 0.1) is 48.4 Å². The quantitative estimate of drug-likeness (QED) is 0.0551. The number of aliphatic imine (C=N–C) groups is 2. The van der Waals surface area contributed by atoms with Crippen molar-refractivity contribution >= 4 is 46.6 Å². The maximum absolute atomic E-state index is 14.6. The molecule has 0 spiro atoms. The van der Waals surface area contributed by atoms with Gasteiger partial charge in [-0.2, -0.15) is 0 Å². The van der Waals surface area contributed by atoms with Crippen LogP contribution in [0.3, 0.4) is 0 Å². The number of aryl methyl sites for hydroxylation is 2. The van der Waals surface area contributed by atoms with Gasteiger partial charge in [-0.3, -0.25) is 4.79 Å². The van der Waals surface area contributed by atoms with E-state index in [9.17, 15) is 29.7 Å². The summed E-state index contributed by atoms with van der Waals surface area (Å²) in [5, 5.41) is 39.5. The van der Waals surface area contributed by atoms with Gasteiger partial charge in [-0.1, -0.05) is 111 Å². The highest BCUT2D eigenvalue weighted by Gasteiger charge is 2.53. The lowest BCUT2D eigenvalue weighted by Gasteiger charge is -2.31. The minimum atomic E-state index is -1.47. The van der Waals surface area contributed by atoms with Gasteiger partial charge in [0.25, 0.3) is 0 Å². The summed E-state index contributed by atoms with van der Waals surface area (Å²) < 4.78 is 12.5. The first kappa shape index (κ1) is 58.0. The number of nitrogens with one attached hydrogen (secondary N) is 2. The van der Waals surface area contributed by atoms with Crippen molar-refractivity contribution < 1.29 is 39.2 Å². The number of carboxylic acid groups (broad SMARTS) is 3. The second-order valence-corrected chi connectivity index (χ2v) is 21.5. The van der Waals surface area contributed by atoms with Crippen LogP contribution in [-0.4, -0.2) is 69.9 Å². The van der Waals surface area contributed by atoms with Crippen molar-refractivity contribution in [1.29, 1.82) is 0 Å². The first-order chi connectivity index (χ1) is 37.0. The maximum Gasteiger partial charge on any atom is 0.339 e. The summed E-state index contributed by atoms with van der Waals surface area (Å²) in [6, 6.07) is 6.94. The first-order valence-electron chi connectivity index (χ1n) is 28.6. The number of hydrogen-bond donors (Lipinski definition) is 5. The first-order valence-corrected chi connectivity index (χ1v) is 28.6. The molecular weight excluding hydrogens is 965 g/mol. The predicted molar refractivity (Wildman–Crippen MR) is 311 cm³/mol. The number of aliphatic carboxylic acids is 1. The fourth-order valence-corrected chi connectivity index (χ4v) is 12.2. The van der Waals surface area contributed by atoms with Crippen LogP contribution in [0.2, 0.25) is 0 Å². The second-order valence-electron chi connectivity index (χ2n) is 21.5. The lowest BCUT2D eigenvalue weighted by atomic mass is 9.71. The van der Waals surface area contributed by atoms with Gasteiger partial charge < -0.3 is 35.1 Å². The van der Waals surface area contributed by atoms with Crippen LogP contribution >= 0.6 is 0 Å². The van der Waals surface area contributed by atoms with E-state index in [2.05, 4.69) is 78.7 Å². The van der Waals surface area contributed by atoms with Crippen molar-refractivity contribution in [2.24, 2.45) is 15.4 Å². The number of carboxylic acids is 3. The Bertz CT molecular complexity index is 3190. The number of unbranched alkanes of at least 4 members (excludes halogenated alkanes) is 6. The van der Waals surface area contributed by atoms with Crippen molar-refractivity contribution in [3.8, 4) is 11.5 Å². The summed E-state index contributed by atoms with van der Waals surface area (Å²) in [5.41, 5.74) is 12.4. The maximum atomic E-state index is 14.6. The highest BCUT2D eigenvalue weighted by Crippen LogP contribution is 2.52. The van der Waals surface area contributed by atoms with Crippen LogP contribution in [0, 0.1) is 12.3 Å². The summed E-state index contributed by atoms with van der Waals surface area (Å²) in [5.74, 6) is -2.67. The number of benzene rings is 2. The average molecular weight is 1050 g/mol. The minimum Gasteiger partial charge on any atom is -0.495 e.